The Balaban J connectivity index is 1.98. The van der Waals surface area contributed by atoms with Crippen molar-refractivity contribution in [1.29, 1.82) is 0 Å². The first-order chi connectivity index (χ1) is 13.4. The molecule has 0 aliphatic carbocycles. The monoisotopic (exact) mass is 386 g/mol. The van der Waals surface area contributed by atoms with Gasteiger partial charge in [-0.2, -0.15) is 0 Å². The van der Waals surface area contributed by atoms with Crippen LogP contribution in [-0.2, 0) is 16.1 Å². The Kier molecular flexibility index (Phi) is 7.83. The lowest BCUT2D eigenvalue weighted by Crippen LogP contribution is -3.11. The van der Waals surface area contributed by atoms with Crippen molar-refractivity contribution < 1.29 is 24.0 Å². The fraction of sp³-hybridized carbons (Fsp3) is 0.333. The summed E-state index contributed by atoms with van der Waals surface area (Å²) in [6, 6.07) is 12.7. The Morgan fingerprint density at radius 2 is 1.61 bits per heavy atom. The average Bonchev–Trinajstić information content (AvgIpc) is 2.68. The van der Waals surface area contributed by atoms with Crippen LogP contribution >= 0.6 is 0 Å². The molecule has 0 aromatic heterocycles. The maximum absolute atomic E-state index is 12.5. The minimum atomic E-state index is -0.132. The molecule has 2 aromatic rings. The first kappa shape index (κ1) is 21.2. The van der Waals surface area contributed by atoms with E-state index in [2.05, 4.69) is 10.6 Å². The van der Waals surface area contributed by atoms with Crippen molar-refractivity contribution in [1.82, 2.24) is 0 Å². The largest absolute Gasteiger partial charge is 0.497 e. The van der Waals surface area contributed by atoms with Crippen molar-refractivity contribution >= 4 is 23.2 Å². The first-order valence-corrected chi connectivity index (χ1v) is 9.17. The minimum Gasteiger partial charge on any atom is -0.497 e. The number of hydrogen-bond donors (Lipinski definition) is 3. The van der Waals surface area contributed by atoms with Crippen LogP contribution in [0.25, 0.3) is 0 Å². The molecule has 2 aromatic carbocycles. The number of benzene rings is 2. The molecule has 0 bridgehead atoms. The number of nitrogens with one attached hydrogen (secondary N) is 3. The van der Waals surface area contributed by atoms with E-state index in [1.165, 1.54) is 6.92 Å². The highest BCUT2D eigenvalue weighted by molar-refractivity contribution is 5.92. The molecule has 3 N–H and O–H groups in total. The summed E-state index contributed by atoms with van der Waals surface area (Å²) in [7, 11) is 3.26. The van der Waals surface area contributed by atoms with Gasteiger partial charge in [0.1, 0.15) is 18.0 Å². The van der Waals surface area contributed by atoms with E-state index in [9.17, 15) is 9.59 Å². The summed E-state index contributed by atoms with van der Waals surface area (Å²) in [5.74, 6) is 1.33. The molecule has 0 fully saturated rings. The van der Waals surface area contributed by atoms with Crippen LogP contribution in [0.4, 0.5) is 11.4 Å². The number of amides is 2. The van der Waals surface area contributed by atoms with E-state index in [1.54, 1.807) is 38.5 Å². The van der Waals surface area contributed by atoms with Crippen LogP contribution in [0, 0.1) is 0 Å². The Labute approximate surface area is 165 Å². The predicted octanol–water partition coefficient (Wildman–Crippen LogP) is 1.71. The van der Waals surface area contributed by atoms with Gasteiger partial charge in [-0.15, -0.1) is 0 Å². The van der Waals surface area contributed by atoms with Crippen LogP contribution < -0.4 is 25.0 Å². The van der Waals surface area contributed by atoms with Gasteiger partial charge in [0, 0.05) is 18.3 Å². The number of ether oxygens (including phenoxy) is 2. The molecule has 0 spiro atoms. The van der Waals surface area contributed by atoms with E-state index >= 15 is 0 Å². The van der Waals surface area contributed by atoms with Gasteiger partial charge in [0.15, 0.2) is 6.54 Å². The summed E-state index contributed by atoms with van der Waals surface area (Å²) < 4.78 is 10.7. The number of carbonyl (C=O) groups excluding carboxylic acids is 2. The number of methoxy groups -OCH3 is 2. The smallest absolute Gasteiger partial charge is 0.279 e. The maximum atomic E-state index is 12.5. The van der Waals surface area contributed by atoms with Gasteiger partial charge in [0.2, 0.25) is 5.91 Å². The number of carbonyl (C=O) groups is 2. The summed E-state index contributed by atoms with van der Waals surface area (Å²) in [6.07, 6.45) is 0. The summed E-state index contributed by atoms with van der Waals surface area (Å²) >= 11 is 0. The standard InChI is InChI=1S/C21H27N3O4/c1-5-24(13-16-12-19(27-3)10-11-20(16)28-4)14-21(26)23-18-8-6-17(7-9-18)22-15(2)25/h6-12H,5,13-14H2,1-4H3,(H,22,25)(H,23,26)/p+1. The number of anilines is 2. The summed E-state index contributed by atoms with van der Waals surface area (Å²) in [5.41, 5.74) is 2.37. The minimum absolute atomic E-state index is 0.0778. The van der Waals surface area contributed by atoms with Gasteiger partial charge < -0.3 is 25.0 Å². The van der Waals surface area contributed by atoms with Gasteiger partial charge in [0.05, 0.1) is 26.3 Å². The molecule has 0 aliphatic heterocycles. The van der Waals surface area contributed by atoms with Crippen molar-refractivity contribution in [3.05, 3.63) is 48.0 Å². The second-order valence-corrected chi connectivity index (χ2v) is 6.44. The van der Waals surface area contributed by atoms with Crippen LogP contribution in [0.5, 0.6) is 11.5 Å². The van der Waals surface area contributed by atoms with E-state index in [0.29, 0.717) is 24.5 Å². The molecule has 7 heteroatoms. The van der Waals surface area contributed by atoms with Crippen molar-refractivity contribution in [2.75, 3.05) is 37.9 Å². The van der Waals surface area contributed by atoms with Crippen LogP contribution in [0.1, 0.15) is 19.4 Å². The fourth-order valence-corrected chi connectivity index (χ4v) is 2.87. The lowest BCUT2D eigenvalue weighted by atomic mass is 10.1. The maximum Gasteiger partial charge on any atom is 0.279 e. The van der Waals surface area contributed by atoms with Crippen molar-refractivity contribution in [3.63, 3.8) is 0 Å². The SMILES string of the molecule is CC[NH+](CC(=O)Nc1ccc(NC(C)=O)cc1)Cc1cc(OC)ccc1OC. The molecule has 2 rings (SSSR count). The van der Waals surface area contributed by atoms with Crippen LogP contribution in [0.2, 0.25) is 0 Å². The quantitative estimate of drug-likeness (QED) is 0.613. The fourth-order valence-electron chi connectivity index (χ4n) is 2.87. The van der Waals surface area contributed by atoms with Crippen LogP contribution in [0.15, 0.2) is 42.5 Å². The van der Waals surface area contributed by atoms with E-state index < -0.39 is 0 Å². The molecule has 2 amide bonds. The van der Waals surface area contributed by atoms with Crippen LogP contribution in [-0.4, -0.2) is 39.1 Å². The predicted molar refractivity (Wildman–Crippen MR) is 109 cm³/mol. The molecule has 7 nitrogen and oxygen atoms in total. The Morgan fingerprint density at radius 3 is 2.14 bits per heavy atom. The van der Waals surface area contributed by atoms with Gasteiger partial charge in [-0.05, 0) is 49.4 Å². The Morgan fingerprint density at radius 1 is 0.964 bits per heavy atom. The second-order valence-electron chi connectivity index (χ2n) is 6.44. The second kappa shape index (κ2) is 10.3. The molecule has 1 atom stereocenters. The van der Waals surface area contributed by atoms with Crippen molar-refractivity contribution in [3.8, 4) is 11.5 Å². The Hall–Kier alpha value is -3.06. The molecule has 0 saturated heterocycles. The van der Waals surface area contributed by atoms with Gasteiger partial charge >= 0.3 is 0 Å². The zero-order chi connectivity index (χ0) is 20.5. The molecule has 28 heavy (non-hydrogen) atoms. The molecule has 0 heterocycles. The van der Waals surface area contributed by atoms with Crippen molar-refractivity contribution in [2.24, 2.45) is 0 Å². The molecule has 1 unspecified atom stereocenters. The molecule has 0 aliphatic rings. The lowest BCUT2D eigenvalue weighted by Gasteiger charge is -2.19. The highest BCUT2D eigenvalue weighted by atomic mass is 16.5. The van der Waals surface area contributed by atoms with E-state index in [4.69, 9.17) is 9.47 Å². The summed E-state index contributed by atoms with van der Waals surface area (Å²) in [6.45, 7) is 5.25. The van der Waals surface area contributed by atoms with Gasteiger partial charge in [-0.25, -0.2) is 0 Å². The molecule has 0 saturated carbocycles. The third-order valence-electron chi connectivity index (χ3n) is 4.33. The van der Waals surface area contributed by atoms with Crippen LogP contribution in [0.3, 0.4) is 0 Å². The van der Waals surface area contributed by atoms with E-state index in [1.807, 2.05) is 25.1 Å². The zero-order valence-corrected chi connectivity index (χ0v) is 16.8. The van der Waals surface area contributed by atoms with Gasteiger partial charge in [-0.3, -0.25) is 9.59 Å². The third kappa shape index (κ3) is 6.28. The molecule has 0 radical (unpaired) electrons. The first-order valence-electron chi connectivity index (χ1n) is 9.17. The third-order valence-corrected chi connectivity index (χ3v) is 4.33. The number of quaternary nitrogens is 1. The Bertz CT molecular complexity index is 806. The zero-order valence-electron chi connectivity index (χ0n) is 16.8. The van der Waals surface area contributed by atoms with E-state index in [0.717, 1.165) is 28.5 Å². The molecular formula is C21H28N3O4+. The highest BCUT2D eigenvalue weighted by Gasteiger charge is 2.16. The highest BCUT2D eigenvalue weighted by Crippen LogP contribution is 2.23. The topological polar surface area (TPSA) is 81.1 Å². The normalized spacial score (nSPS) is 11.4. The average molecular weight is 386 g/mol. The molecular weight excluding hydrogens is 358 g/mol. The number of rotatable bonds is 9. The summed E-state index contributed by atoms with van der Waals surface area (Å²) in [4.78, 5) is 24.6. The van der Waals surface area contributed by atoms with Crippen molar-refractivity contribution in [2.45, 2.75) is 20.4 Å². The molecule has 150 valence electrons. The van der Waals surface area contributed by atoms with Gasteiger partial charge in [-0.1, -0.05) is 0 Å². The summed E-state index contributed by atoms with van der Waals surface area (Å²) in [5, 5.41) is 5.59. The lowest BCUT2D eigenvalue weighted by molar-refractivity contribution is -0.903. The van der Waals surface area contributed by atoms with E-state index in [-0.39, 0.29) is 11.8 Å². The van der Waals surface area contributed by atoms with Gasteiger partial charge in [0.25, 0.3) is 5.91 Å². The number of hydrogen-bond acceptors (Lipinski definition) is 4. The number of likely N-dealkylation sites (N-methyl/N-ethyl adjacent to an activating group) is 1.